The Morgan fingerprint density at radius 1 is 1.26 bits per heavy atom. The van der Waals surface area contributed by atoms with E-state index in [0.717, 1.165) is 28.0 Å². The summed E-state index contributed by atoms with van der Waals surface area (Å²) >= 11 is 0. The van der Waals surface area contributed by atoms with Gasteiger partial charge in [0.1, 0.15) is 12.1 Å². The molecule has 1 aromatic heterocycles. The maximum atomic E-state index is 11.4. The van der Waals surface area contributed by atoms with Gasteiger partial charge in [0.2, 0.25) is 5.91 Å². The van der Waals surface area contributed by atoms with Crippen LogP contribution >= 0.6 is 0 Å². The average molecular weight is 311 g/mol. The molecule has 1 unspecified atom stereocenters. The molecule has 6 nitrogen and oxygen atoms in total. The van der Waals surface area contributed by atoms with Gasteiger partial charge in [-0.05, 0) is 32.9 Å². The maximum absolute atomic E-state index is 11.4. The number of carbonyl (C=O) groups is 1. The van der Waals surface area contributed by atoms with Gasteiger partial charge in [-0.15, -0.1) is 0 Å². The standard InChI is InChI=1S/C17H21N5O/c1-10-7-14(23)21-22-15(10)11-5-6-12-13(8-11)18-9-19-16(12)20-17(2,3)4/h5-6,8-10H,7H2,1-4H3,(H,21,23)(H,18,19,20). The topological polar surface area (TPSA) is 79.3 Å². The Morgan fingerprint density at radius 2 is 2.04 bits per heavy atom. The smallest absolute Gasteiger partial charge is 0.240 e. The number of nitrogens with one attached hydrogen (secondary N) is 2. The second-order valence-corrected chi connectivity index (χ2v) is 6.97. The Labute approximate surface area is 135 Å². The molecule has 1 aromatic carbocycles. The predicted octanol–water partition coefficient (Wildman–Crippen LogP) is 2.70. The molecule has 2 aromatic rings. The summed E-state index contributed by atoms with van der Waals surface area (Å²) in [5.74, 6) is 0.872. The number of nitrogens with zero attached hydrogens (tertiary/aromatic N) is 3. The normalized spacial score (nSPS) is 18.5. The van der Waals surface area contributed by atoms with Crippen molar-refractivity contribution in [1.82, 2.24) is 15.4 Å². The highest BCUT2D eigenvalue weighted by atomic mass is 16.2. The molecular formula is C17H21N5O. The molecule has 2 N–H and O–H groups in total. The van der Waals surface area contributed by atoms with Gasteiger partial charge in [-0.1, -0.05) is 13.0 Å². The molecule has 3 rings (SSSR count). The zero-order chi connectivity index (χ0) is 16.6. The molecule has 1 atom stereocenters. The lowest BCUT2D eigenvalue weighted by Crippen LogP contribution is -2.31. The molecular weight excluding hydrogens is 290 g/mol. The van der Waals surface area contributed by atoms with Crippen molar-refractivity contribution in [3.05, 3.63) is 30.1 Å². The quantitative estimate of drug-likeness (QED) is 0.893. The second-order valence-electron chi connectivity index (χ2n) is 6.97. The van der Waals surface area contributed by atoms with E-state index in [9.17, 15) is 4.79 Å². The molecule has 23 heavy (non-hydrogen) atoms. The van der Waals surface area contributed by atoms with Gasteiger partial charge in [0, 0.05) is 28.8 Å². The zero-order valence-corrected chi connectivity index (χ0v) is 13.8. The number of amides is 1. The molecule has 2 heterocycles. The summed E-state index contributed by atoms with van der Waals surface area (Å²) in [5.41, 5.74) is 5.20. The fourth-order valence-electron chi connectivity index (χ4n) is 2.67. The van der Waals surface area contributed by atoms with Crippen molar-refractivity contribution < 1.29 is 4.79 Å². The highest BCUT2D eigenvalue weighted by Gasteiger charge is 2.22. The van der Waals surface area contributed by atoms with Crippen LogP contribution in [0.1, 0.15) is 39.7 Å². The summed E-state index contributed by atoms with van der Waals surface area (Å²) < 4.78 is 0. The SMILES string of the molecule is CC1CC(=O)NN=C1c1ccc2c(NC(C)(C)C)ncnc2c1. The van der Waals surface area contributed by atoms with Crippen LogP contribution in [0.4, 0.5) is 5.82 Å². The number of rotatable bonds is 2. The third kappa shape index (κ3) is 3.31. The van der Waals surface area contributed by atoms with Gasteiger partial charge < -0.3 is 5.32 Å². The first-order chi connectivity index (χ1) is 10.8. The Hall–Kier alpha value is -2.50. The van der Waals surface area contributed by atoms with Gasteiger partial charge >= 0.3 is 0 Å². The summed E-state index contributed by atoms with van der Waals surface area (Å²) in [7, 11) is 0. The molecule has 0 spiro atoms. The highest BCUT2D eigenvalue weighted by molar-refractivity contribution is 6.07. The minimum Gasteiger partial charge on any atom is -0.365 e. The van der Waals surface area contributed by atoms with Gasteiger partial charge in [0.05, 0.1) is 11.2 Å². The van der Waals surface area contributed by atoms with Crippen molar-refractivity contribution in [2.75, 3.05) is 5.32 Å². The Bertz CT molecular complexity index is 791. The van der Waals surface area contributed by atoms with Crippen molar-refractivity contribution in [2.45, 2.75) is 39.7 Å². The van der Waals surface area contributed by atoms with E-state index >= 15 is 0 Å². The molecule has 120 valence electrons. The maximum Gasteiger partial charge on any atom is 0.240 e. The highest BCUT2D eigenvalue weighted by Crippen LogP contribution is 2.25. The molecule has 0 bridgehead atoms. The van der Waals surface area contributed by atoms with Crippen molar-refractivity contribution >= 4 is 28.3 Å². The Morgan fingerprint density at radius 3 is 2.74 bits per heavy atom. The van der Waals surface area contributed by atoms with Crippen LogP contribution in [0.25, 0.3) is 10.9 Å². The first-order valence-corrected chi connectivity index (χ1v) is 7.73. The number of benzene rings is 1. The van der Waals surface area contributed by atoms with Crippen LogP contribution < -0.4 is 10.7 Å². The van der Waals surface area contributed by atoms with Crippen molar-refractivity contribution in [2.24, 2.45) is 11.0 Å². The van der Waals surface area contributed by atoms with E-state index in [1.165, 1.54) is 0 Å². The van der Waals surface area contributed by atoms with Crippen LogP contribution in [-0.4, -0.2) is 27.1 Å². The largest absolute Gasteiger partial charge is 0.365 e. The summed E-state index contributed by atoms with van der Waals surface area (Å²) in [4.78, 5) is 20.1. The average Bonchev–Trinajstić information content (AvgIpc) is 2.45. The number of carbonyl (C=O) groups excluding carboxylic acids is 1. The lowest BCUT2D eigenvalue weighted by molar-refractivity contribution is -0.121. The van der Waals surface area contributed by atoms with Crippen LogP contribution in [-0.2, 0) is 4.79 Å². The fraction of sp³-hybridized carbons (Fsp3) is 0.412. The van der Waals surface area contributed by atoms with E-state index in [1.807, 2.05) is 25.1 Å². The first-order valence-electron chi connectivity index (χ1n) is 7.73. The molecule has 0 radical (unpaired) electrons. The van der Waals surface area contributed by atoms with Gasteiger partial charge in [-0.3, -0.25) is 4.79 Å². The van der Waals surface area contributed by atoms with E-state index < -0.39 is 0 Å². The van der Waals surface area contributed by atoms with Crippen LogP contribution in [0.2, 0.25) is 0 Å². The summed E-state index contributed by atoms with van der Waals surface area (Å²) in [6.45, 7) is 8.29. The predicted molar refractivity (Wildman–Crippen MR) is 91.4 cm³/mol. The van der Waals surface area contributed by atoms with E-state index in [1.54, 1.807) is 6.33 Å². The molecule has 1 aliphatic heterocycles. The molecule has 6 heteroatoms. The van der Waals surface area contributed by atoms with Crippen molar-refractivity contribution in [3.8, 4) is 0 Å². The van der Waals surface area contributed by atoms with Crippen LogP contribution in [0, 0.1) is 5.92 Å². The summed E-state index contributed by atoms with van der Waals surface area (Å²) in [6, 6.07) is 6.01. The molecule has 0 saturated carbocycles. The van der Waals surface area contributed by atoms with Gasteiger partial charge in [-0.2, -0.15) is 5.10 Å². The fourth-order valence-corrected chi connectivity index (χ4v) is 2.67. The Kier molecular flexibility index (Phi) is 3.75. The lowest BCUT2D eigenvalue weighted by Gasteiger charge is -2.22. The first kappa shape index (κ1) is 15.4. The van der Waals surface area contributed by atoms with Crippen LogP contribution in [0.15, 0.2) is 29.6 Å². The van der Waals surface area contributed by atoms with Crippen molar-refractivity contribution in [1.29, 1.82) is 0 Å². The van der Waals surface area contributed by atoms with E-state index in [-0.39, 0.29) is 17.4 Å². The second kappa shape index (κ2) is 5.61. The third-order valence-electron chi connectivity index (χ3n) is 3.69. The van der Waals surface area contributed by atoms with Gasteiger partial charge in [0.25, 0.3) is 0 Å². The minimum atomic E-state index is -0.0772. The zero-order valence-electron chi connectivity index (χ0n) is 13.8. The lowest BCUT2D eigenvalue weighted by atomic mass is 9.93. The Balaban J connectivity index is 2.02. The monoisotopic (exact) mass is 311 g/mol. The van der Waals surface area contributed by atoms with Gasteiger partial charge in [0.15, 0.2) is 0 Å². The molecule has 0 aliphatic carbocycles. The molecule has 0 saturated heterocycles. The summed E-state index contributed by atoms with van der Waals surface area (Å²) in [6.07, 6.45) is 2.02. The number of hydrazone groups is 1. The minimum absolute atomic E-state index is 0.0407. The van der Waals surface area contributed by atoms with Crippen molar-refractivity contribution in [3.63, 3.8) is 0 Å². The van der Waals surface area contributed by atoms with E-state index in [2.05, 4.69) is 46.6 Å². The van der Waals surface area contributed by atoms with Crippen LogP contribution in [0.3, 0.4) is 0 Å². The molecule has 1 amide bonds. The van der Waals surface area contributed by atoms with Gasteiger partial charge in [-0.25, -0.2) is 15.4 Å². The van der Waals surface area contributed by atoms with Crippen LogP contribution in [0.5, 0.6) is 0 Å². The number of fused-ring (bicyclic) bond motifs is 1. The molecule has 0 fully saturated rings. The summed E-state index contributed by atoms with van der Waals surface area (Å²) in [5, 5.41) is 8.58. The van der Waals surface area contributed by atoms with E-state index in [0.29, 0.717) is 6.42 Å². The number of aromatic nitrogens is 2. The third-order valence-corrected chi connectivity index (χ3v) is 3.69. The number of anilines is 1. The number of hydrogen-bond acceptors (Lipinski definition) is 5. The molecule has 1 aliphatic rings. The number of hydrogen-bond donors (Lipinski definition) is 2. The van der Waals surface area contributed by atoms with E-state index in [4.69, 9.17) is 0 Å².